The predicted molar refractivity (Wildman–Crippen MR) is 164 cm³/mol. The van der Waals surface area contributed by atoms with E-state index in [1.165, 1.54) is 0 Å². The summed E-state index contributed by atoms with van der Waals surface area (Å²) in [5, 5.41) is 28.0. The molecule has 0 saturated carbocycles. The van der Waals surface area contributed by atoms with Crippen LogP contribution >= 0.6 is 0 Å². The zero-order valence-electron chi connectivity index (χ0n) is 25.2. The number of aliphatic carboxylic acids is 1. The molecule has 2 saturated heterocycles. The first-order valence-electron chi connectivity index (χ1n) is 14.4. The summed E-state index contributed by atoms with van der Waals surface area (Å²) in [6, 6.07) is -0.683. The van der Waals surface area contributed by atoms with Gasteiger partial charge in [-0.05, 0) is 45.2 Å². The van der Waals surface area contributed by atoms with Gasteiger partial charge in [0, 0.05) is 19.3 Å². The van der Waals surface area contributed by atoms with Crippen molar-refractivity contribution in [3.8, 4) is 0 Å². The molecule has 8 bridgehead atoms. The van der Waals surface area contributed by atoms with E-state index in [9.17, 15) is 19.8 Å². The van der Waals surface area contributed by atoms with Crippen LogP contribution in [0.4, 0.5) is 0 Å². The third-order valence-electron chi connectivity index (χ3n) is 9.40. The number of hydrogen-bond donors (Lipinski definition) is 2. The summed E-state index contributed by atoms with van der Waals surface area (Å²) in [4.78, 5) is 39.0. The third kappa shape index (κ3) is 4.72. The molecule has 3 aliphatic heterocycles. The number of carbonyl (C=O) groups excluding carboxylic acids is 1. The van der Waals surface area contributed by atoms with E-state index in [2.05, 4.69) is 13.2 Å². The molecule has 3 atom stereocenters. The number of nitrogens with zero attached hydrogens (tertiary/aromatic N) is 4. The van der Waals surface area contributed by atoms with E-state index in [1.54, 1.807) is 25.2 Å². The van der Waals surface area contributed by atoms with E-state index >= 15 is 0 Å². The van der Waals surface area contributed by atoms with Crippen LogP contribution in [0.15, 0.2) is 18.9 Å². The third-order valence-corrected chi connectivity index (χ3v) is 9.40. The van der Waals surface area contributed by atoms with Gasteiger partial charge in [-0.2, -0.15) is 5.69 Å². The minimum Gasteiger partial charge on any atom is -0.679 e. The molecule has 228 valence electrons. The summed E-state index contributed by atoms with van der Waals surface area (Å²) in [7, 11) is 0. The molecule has 0 aliphatic carbocycles. The molecule has 0 amide bonds. The van der Waals surface area contributed by atoms with Gasteiger partial charge in [0.1, 0.15) is 5.60 Å². The van der Waals surface area contributed by atoms with Crippen LogP contribution < -0.4 is 25.7 Å². The van der Waals surface area contributed by atoms with Crippen molar-refractivity contribution in [1.29, 1.82) is 0 Å². The van der Waals surface area contributed by atoms with Gasteiger partial charge in [0.2, 0.25) is 0 Å². The van der Waals surface area contributed by atoms with Crippen molar-refractivity contribution < 1.29 is 41.6 Å². The van der Waals surface area contributed by atoms with Gasteiger partial charge in [-0.1, -0.05) is 78.3 Å². The van der Waals surface area contributed by atoms with E-state index in [4.69, 9.17) is 25.0 Å². The number of fused-ring (bicyclic) bond motifs is 9. The number of aromatic nitrogens is 3. The van der Waals surface area contributed by atoms with Crippen LogP contribution in [0.5, 0.6) is 0 Å². The van der Waals surface area contributed by atoms with Gasteiger partial charge in [-0.25, -0.2) is 0 Å². The maximum Gasteiger partial charge on any atom is 4.00 e. The zero-order valence-corrected chi connectivity index (χ0v) is 26.3. The number of aliphatic hydroxyl groups is 1. The summed E-state index contributed by atoms with van der Waals surface area (Å²) in [5.74, 6) is -1.33. The molecular formula is C34H34FeN4O5. The first-order valence-corrected chi connectivity index (χ1v) is 14.4. The van der Waals surface area contributed by atoms with Crippen molar-refractivity contribution >= 4 is 42.3 Å². The molecule has 9 nitrogen and oxygen atoms in total. The van der Waals surface area contributed by atoms with Gasteiger partial charge in [0.15, 0.2) is 0 Å². The molecular weight excluding hydrogens is 600 g/mol. The minimum absolute atomic E-state index is 0. The van der Waals surface area contributed by atoms with Crippen LogP contribution in [0.3, 0.4) is 0 Å². The van der Waals surface area contributed by atoms with Crippen molar-refractivity contribution in [1.82, 2.24) is 15.0 Å². The number of ether oxygens (including phenoxy) is 1. The molecule has 1 spiro atoms. The molecule has 44 heavy (non-hydrogen) atoms. The number of carbonyl (C=O) groups is 2. The van der Waals surface area contributed by atoms with Crippen LogP contribution in [0.2, 0.25) is 0 Å². The summed E-state index contributed by atoms with van der Waals surface area (Å²) >= 11 is 0. The Balaban J connectivity index is 0.00000384. The fourth-order valence-electron chi connectivity index (χ4n) is 6.77. The molecule has 6 heterocycles. The van der Waals surface area contributed by atoms with Gasteiger partial charge < -0.3 is 35.2 Å². The van der Waals surface area contributed by atoms with Crippen molar-refractivity contribution in [3.63, 3.8) is 0 Å². The van der Waals surface area contributed by atoms with Crippen molar-refractivity contribution in [2.45, 2.75) is 77.0 Å². The Labute approximate surface area is 266 Å². The molecule has 3 aromatic heterocycles. The fourth-order valence-corrected chi connectivity index (χ4v) is 6.77. The molecule has 10 heteroatoms. The van der Waals surface area contributed by atoms with Crippen LogP contribution in [0.1, 0.15) is 82.3 Å². The Kier molecular flexibility index (Phi) is 7.99. The smallest absolute Gasteiger partial charge is 0.679 e. The number of hydrogen-bond acceptors (Lipinski definition) is 4. The average Bonchev–Trinajstić information content (AvgIpc) is 3.69. The Morgan fingerprint density at radius 2 is 1.68 bits per heavy atom. The Morgan fingerprint density at radius 3 is 2.32 bits per heavy atom. The van der Waals surface area contributed by atoms with Gasteiger partial charge >= 0.3 is 29.0 Å². The summed E-state index contributed by atoms with van der Waals surface area (Å²) in [6.07, 6.45) is 9.99. The van der Waals surface area contributed by atoms with Gasteiger partial charge in [0.05, 0.1) is 5.60 Å². The Morgan fingerprint density at radius 1 is 1.00 bits per heavy atom. The zero-order chi connectivity index (χ0) is 30.8. The first kappa shape index (κ1) is 31.4. The molecule has 0 radical (unpaired) electrons. The van der Waals surface area contributed by atoms with E-state index < -0.39 is 29.2 Å². The standard InChI is InChI=1S/C34H34N4O5.Fe/c1-7-20-17(3)23-13-24-19(5)22(9-10-31(39)40)28(37-24)16-30-34(12-11-32(41)43-34)33(6,42)29(38-30)15-27-21(8-2)18(4)25(36-27)14-26(20)35-23;/h7-8,13-14,16,29,42H,1-2,9-12,15H2,3-6H3,(H,39,40);/q-4;+4/b23-13-,26-14-,30-16-;. The number of rotatable bonds is 5. The second kappa shape index (κ2) is 11.2. The minimum atomic E-state index is -1.54. The quantitative estimate of drug-likeness (QED) is 0.323. The van der Waals surface area contributed by atoms with Crippen molar-refractivity contribution in [2.24, 2.45) is 0 Å². The van der Waals surface area contributed by atoms with E-state index in [0.29, 0.717) is 17.1 Å². The van der Waals surface area contributed by atoms with Crippen molar-refractivity contribution in [3.05, 3.63) is 91.0 Å². The number of carboxylic acids is 1. The molecule has 2 N–H and O–H groups in total. The second-order valence-electron chi connectivity index (χ2n) is 11.8. The maximum absolute atomic E-state index is 12.5. The fraction of sp³-hybridized carbons (Fsp3) is 0.353. The van der Waals surface area contributed by atoms with Gasteiger partial charge in [0.25, 0.3) is 0 Å². The SMILES string of the molecule is C=Cc1c2[n-]c(c1C)/C=c1\[n-]/c(c(C)c1C=C)=C\c1[n-]c(c(CCC(=O)O)c1C)/C=C1\[N-]C(C2)C(C)(O)C12CCC(=O)O2.[Fe+4]. The monoisotopic (exact) mass is 634 g/mol. The van der Waals surface area contributed by atoms with Gasteiger partial charge in [-0.15, -0.1) is 33.5 Å². The predicted octanol–water partition coefficient (Wildman–Crippen LogP) is 2.92. The molecule has 3 aromatic rings. The summed E-state index contributed by atoms with van der Waals surface area (Å²) < 4.78 is 5.93. The first-order chi connectivity index (χ1) is 20.4. The normalized spacial score (nSPS) is 26.3. The number of carboxylic acid groups (broad SMARTS) is 1. The van der Waals surface area contributed by atoms with Crippen LogP contribution in [0, 0.1) is 20.8 Å². The van der Waals surface area contributed by atoms with E-state index in [1.807, 2.05) is 32.9 Å². The topological polar surface area (TPSA) is 140 Å². The van der Waals surface area contributed by atoms with Crippen LogP contribution in [-0.2, 0) is 44.2 Å². The van der Waals surface area contributed by atoms with Gasteiger partial charge in [-0.3, -0.25) is 9.59 Å². The Hall–Kier alpha value is -3.98. The molecule has 6 rings (SSSR count). The number of esters is 1. The summed E-state index contributed by atoms with van der Waals surface area (Å²) in [6.45, 7) is 15.6. The molecule has 3 aliphatic rings. The molecule has 0 aromatic carbocycles. The van der Waals surface area contributed by atoms with Crippen LogP contribution in [0.25, 0.3) is 35.7 Å². The van der Waals surface area contributed by atoms with Crippen molar-refractivity contribution in [2.75, 3.05) is 0 Å². The van der Waals surface area contributed by atoms with E-state index in [0.717, 1.165) is 55.5 Å². The average molecular weight is 635 g/mol. The largest absolute Gasteiger partial charge is 4.00 e. The maximum atomic E-state index is 12.5. The molecule has 2 fully saturated rings. The second-order valence-corrected chi connectivity index (χ2v) is 11.8. The summed E-state index contributed by atoms with van der Waals surface area (Å²) in [5.41, 5.74) is 5.37. The Bertz CT molecular complexity index is 1870. The van der Waals surface area contributed by atoms with Crippen LogP contribution in [-0.4, -0.2) is 39.4 Å². The molecule has 3 unspecified atom stereocenters. The van der Waals surface area contributed by atoms with E-state index in [-0.39, 0.29) is 49.2 Å².